The Hall–Kier alpha value is -1.08. The van der Waals surface area contributed by atoms with Crippen molar-refractivity contribution in [2.45, 2.75) is 26.4 Å². The summed E-state index contributed by atoms with van der Waals surface area (Å²) >= 11 is 0. The van der Waals surface area contributed by atoms with Crippen LogP contribution in [0, 0.1) is 11.3 Å². The first-order valence-corrected chi connectivity index (χ1v) is 2.62. The summed E-state index contributed by atoms with van der Waals surface area (Å²) in [6, 6.07) is 1.75. The van der Waals surface area contributed by atoms with Gasteiger partial charge < -0.3 is 10.2 Å². The van der Waals surface area contributed by atoms with Crippen molar-refractivity contribution in [3.05, 3.63) is 0 Å². The second kappa shape index (κ2) is 4.77. The number of carbonyl (C=O) groups is 1. The molecule has 0 amide bonds. The maximum Gasteiger partial charge on any atom is 0.335 e. The van der Waals surface area contributed by atoms with Crippen LogP contribution in [0.15, 0.2) is 0 Å². The van der Waals surface area contributed by atoms with Crippen molar-refractivity contribution in [1.29, 1.82) is 5.26 Å². The zero-order valence-electron chi connectivity index (χ0n) is 6.25. The summed E-state index contributed by atoms with van der Waals surface area (Å²) in [4.78, 5) is 9.77. The second-order valence-electron chi connectivity index (χ2n) is 2.09. The first-order valence-electron chi connectivity index (χ1n) is 2.62. The molecule has 4 nitrogen and oxygen atoms in total. The number of carboxylic acids is 1. The zero-order chi connectivity index (χ0) is 8.78. The summed E-state index contributed by atoms with van der Waals surface area (Å²) in [6.45, 7) is 3.87. The number of aliphatic carboxylic acids is 1. The number of nitriles is 1. The van der Waals surface area contributed by atoms with Crippen LogP contribution in [0.25, 0.3) is 0 Å². The minimum atomic E-state index is -1.58. The van der Waals surface area contributed by atoms with E-state index in [4.69, 9.17) is 15.5 Å². The van der Waals surface area contributed by atoms with Gasteiger partial charge in [-0.25, -0.2) is 4.79 Å². The molecule has 0 aromatic rings. The van der Waals surface area contributed by atoms with Gasteiger partial charge in [0.2, 0.25) is 0 Å². The summed E-state index contributed by atoms with van der Waals surface area (Å²) in [5, 5.41) is 23.8. The predicted octanol–water partition coefficient (Wildman–Crippen LogP) is 0.372. The van der Waals surface area contributed by atoms with Crippen LogP contribution in [-0.2, 0) is 4.79 Å². The van der Waals surface area contributed by atoms with Crippen molar-refractivity contribution in [3.8, 4) is 6.07 Å². The van der Waals surface area contributed by atoms with Crippen LogP contribution in [0.2, 0.25) is 0 Å². The first-order chi connectivity index (χ1) is 4.36. The molecule has 0 spiro atoms. The Kier molecular flexibility index (Phi) is 5.57. The molecule has 0 radical (unpaired) electrons. The molecular formula is C6H11NO3. The Bertz CT molecular complexity index is 140. The third kappa shape index (κ3) is 10.0. The Labute approximate surface area is 59.7 Å². The Morgan fingerprint density at radius 3 is 1.70 bits per heavy atom. The number of hydrogen-bond donors (Lipinski definition) is 2. The van der Waals surface area contributed by atoms with Crippen LogP contribution >= 0.6 is 0 Å². The van der Waals surface area contributed by atoms with Gasteiger partial charge in [0.1, 0.15) is 0 Å². The van der Waals surface area contributed by atoms with Gasteiger partial charge in [0, 0.05) is 6.92 Å². The smallest absolute Gasteiger partial charge is 0.335 e. The van der Waals surface area contributed by atoms with Crippen molar-refractivity contribution in [1.82, 2.24) is 0 Å². The molecule has 0 fully saturated rings. The molecule has 0 bridgehead atoms. The van der Waals surface area contributed by atoms with E-state index in [-0.39, 0.29) is 0 Å². The van der Waals surface area contributed by atoms with E-state index in [0.29, 0.717) is 0 Å². The van der Waals surface area contributed by atoms with Crippen molar-refractivity contribution < 1.29 is 15.0 Å². The molecule has 0 atom stereocenters. The summed E-state index contributed by atoms with van der Waals surface area (Å²) < 4.78 is 0. The zero-order valence-corrected chi connectivity index (χ0v) is 6.25. The van der Waals surface area contributed by atoms with Crippen molar-refractivity contribution in [2.24, 2.45) is 0 Å². The summed E-state index contributed by atoms with van der Waals surface area (Å²) in [5.41, 5.74) is -1.58. The molecule has 0 aliphatic carbocycles. The van der Waals surface area contributed by atoms with E-state index >= 15 is 0 Å². The quantitative estimate of drug-likeness (QED) is 0.558. The van der Waals surface area contributed by atoms with Gasteiger partial charge in [-0.3, -0.25) is 0 Å². The van der Waals surface area contributed by atoms with Gasteiger partial charge >= 0.3 is 5.97 Å². The van der Waals surface area contributed by atoms with E-state index in [2.05, 4.69) is 0 Å². The molecule has 0 heterocycles. The third-order valence-electron chi connectivity index (χ3n) is 0.523. The van der Waals surface area contributed by atoms with Gasteiger partial charge in [-0.05, 0) is 13.8 Å². The summed E-state index contributed by atoms with van der Waals surface area (Å²) in [7, 11) is 0. The van der Waals surface area contributed by atoms with Crippen molar-refractivity contribution in [3.63, 3.8) is 0 Å². The van der Waals surface area contributed by atoms with Crippen LogP contribution in [0.5, 0.6) is 0 Å². The molecule has 58 valence electrons. The van der Waals surface area contributed by atoms with E-state index in [9.17, 15) is 4.79 Å². The van der Waals surface area contributed by atoms with Crippen molar-refractivity contribution >= 4 is 5.97 Å². The average molecular weight is 145 g/mol. The van der Waals surface area contributed by atoms with E-state index in [1.165, 1.54) is 20.8 Å². The predicted molar refractivity (Wildman–Crippen MR) is 35.2 cm³/mol. The molecule has 0 rings (SSSR count). The van der Waals surface area contributed by atoms with Gasteiger partial charge in [-0.1, -0.05) is 0 Å². The van der Waals surface area contributed by atoms with E-state index in [1.807, 2.05) is 0 Å². The summed E-state index contributed by atoms with van der Waals surface area (Å²) in [5.74, 6) is -1.20. The molecule has 10 heavy (non-hydrogen) atoms. The average Bonchev–Trinajstić information content (AvgIpc) is 1.64. The highest BCUT2D eigenvalue weighted by molar-refractivity contribution is 5.75. The fourth-order valence-corrected chi connectivity index (χ4v) is 0. The van der Waals surface area contributed by atoms with Gasteiger partial charge in [-0.15, -0.1) is 0 Å². The number of carboxylic acid groups (broad SMARTS) is 1. The maximum absolute atomic E-state index is 9.77. The van der Waals surface area contributed by atoms with Gasteiger partial charge in [0.15, 0.2) is 5.60 Å². The topological polar surface area (TPSA) is 81.3 Å². The number of aliphatic hydroxyl groups is 1. The summed E-state index contributed by atoms with van der Waals surface area (Å²) in [6.07, 6.45) is 0. The molecule has 0 saturated heterocycles. The van der Waals surface area contributed by atoms with Crippen LogP contribution in [0.3, 0.4) is 0 Å². The highest BCUT2D eigenvalue weighted by atomic mass is 16.4. The second-order valence-corrected chi connectivity index (χ2v) is 2.09. The normalized spacial score (nSPS) is 8.70. The molecule has 0 saturated carbocycles. The maximum atomic E-state index is 9.77. The Morgan fingerprint density at radius 1 is 1.60 bits per heavy atom. The van der Waals surface area contributed by atoms with Gasteiger partial charge in [0.25, 0.3) is 0 Å². The number of nitrogens with zero attached hydrogens (tertiary/aromatic N) is 1. The van der Waals surface area contributed by atoms with E-state index < -0.39 is 11.6 Å². The number of rotatable bonds is 1. The van der Waals surface area contributed by atoms with E-state index in [0.717, 1.165) is 0 Å². The standard InChI is InChI=1S/C4H8O3.C2H3N/c1-4(2,7)3(5)6;1-2-3/h7H,1-2H3,(H,5,6);1H3. The van der Waals surface area contributed by atoms with Crippen LogP contribution in [0.1, 0.15) is 20.8 Å². The number of hydrogen-bond acceptors (Lipinski definition) is 3. The monoisotopic (exact) mass is 145 g/mol. The third-order valence-corrected chi connectivity index (χ3v) is 0.523. The SMILES string of the molecule is CC#N.CC(C)(O)C(=O)O. The molecule has 0 aromatic heterocycles. The highest BCUT2D eigenvalue weighted by Crippen LogP contribution is 1.97. The largest absolute Gasteiger partial charge is 0.479 e. The van der Waals surface area contributed by atoms with Crippen molar-refractivity contribution in [2.75, 3.05) is 0 Å². The molecule has 4 heteroatoms. The Morgan fingerprint density at radius 2 is 1.70 bits per heavy atom. The highest BCUT2D eigenvalue weighted by Gasteiger charge is 2.21. The van der Waals surface area contributed by atoms with Crippen LogP contribution < -0.4 is 0 Å². The van der Waals surface area contributed by atoms with Gasteiger partial charge in [0.05, 0.1) is 6.07 Å². The molecular weight excluding hydrogens is 134 g/mol. The first kappa shape index (κ1) is 11.7. The lowest BCUT2D eigenvalue weighted by Gasteiger charge is -2.07. The van der Waals surface area contributed by atoms with Gasteiger partial charge in [-0.2, -0.15) is 5.26 Å². The minimum Gasteiger partial charge on any atom is -0.479 e. The molecule has 0 aromatic carbocycles. The fraction of sp³-hybridized carbons (Fsp3) is 0.667. The lowest BCUT2D eigenvalue weighted by atomic mass is 10.1. The molecule has 0 aliphatic rings. The molecule has 0 aliphatic heterocycles. The van der Waals surface area contributed by atoms with E-state index in [1.54, 1.807) is 6.07 Å². The molecule has 0 unspecified atom stereocenters. The Balaban J connectivity index is 0. The fourth-order valence-electron chi connectivity index (χ4n) is 0. The van der Waals surface area contributed by atoms with Crippen LogP contribution in [-0.4, -0.2) is 21.8 Å². The minimum absolute atomic E-state index is 1.20. The van der Waals surface area contributed by atoms with Crippen LogP contribution in [0.4, 0.5) is 0 Å². The lowest BCUT2D eigenvalue weighted by Crippen LogP contribution is -2.30. The molecule has 2 N–H and O–H groups in total. The lowest BCUT2D eigenvalue weighted by molar-refractivity contribution is -0.154.